The Kier molecular flexibility index (Phi) is 7.45. The van der Waals surface area contributed by atoms with Gasteiger partial charge in [0.05, 0.1) is 28.6 Å². The second kappa shape index (κ2) is 10.9. The minimum Gasteiger partial charge on any atom is -0.497 e. The van der Waals surface area contributed by atoms with Crippen LogP contribution in [0.3, 0.4) is 0 Å². The molecule has 10 heteroatoms. The number of aliphatic hydroxyl groups is 1. The van der Waals surface area contributed by atoms with Crippen LogP contribution in [0, 0.1) is 20.2 Å². The van der Waals surface area contributed by atoms with E-state index in [1.807, 2.05) is 0 Å². The normalized spacial score (nSPS) is 13.1. The van der Waals surface area contributed by atoms with Gasteiger partial charge in [0.25, 0.3) is 11.4 Å². The predicted molar refractivity (Wildman–Crippen MR) is 137 cm³/mol. The first-order valence-corrected chi connectivity index (χ1v) is 11.4. The zero-order chi connectivity index (χ0) is 27.3. The second-order valence-electron chi connectivity index (χ2n) is 8.31. The molecule has 1 N–H and O–H groups in total. The summed E-state index contributed by atoms with van der Waals surface area (Å²) in [6.07, 6.45) is -1.36. The maximum Gasteiger partial charge on any atom is 0.339 e. The molecule has 10 nitrogen and oxygen atoms in total. The van der Waals surface area contributed by atoms with E-state index >= 15 is 0 Å². The average Bonchev–Trinajstić information content (AvgIpc) is 2.96. The molecule has 4 aromatic carbocycles. The molecule has 192 valence electrons. The van der Waals surface area contributed by atoms with Gasteiger partial charge in [0, 0.05) is 12.1 Å². The fourth-order valence-corrected chi connectivity index (χ4v) is 4.13. The summed E-state index contributed by atoms with van der Waals surface area (Å²) in [6.45, 7) is 0. The number of non-ortho nitro benzene ring substituents is 2. The first kappa shape index (κ1) is 26.0. The van der Waals surface area contributed by atoms with Crippen molar-refractivity contribution in [3.05, 3.63) is 146 Å². The Hall–Kier alpha value is -5.09. The summed E-state index contributed by atoms with van der Waals surface area (Å²) in [4.78, 5) is 34.4. The van der Waals surface area contributed by atoms with E-state index in [0.29, 0.717) is 22.4 Å². The van der Waals surface area contributed by atoms with Gasteiger partial charge in [-0.05, 0) is 28.8 Å². The van der Waals surface area contributed by atoms with Crippen LogP contribution in [0.1, 0.15) is 33.2 Å². The molecule has 0 heterocycles. The summed E-state index contributed by atoms with van der Waals surface area (Å²) < 4.78 is 11.1. The summed E-state index contributed by atoms with van der Waals surface area (Å²) in [5.41, 5.74) is -2.43. The van der Waals surface area contributed by atoms with Crippen molar-refractivity contribution in [1.82, 2.24) is 0 Å². The highest BCUT2D eigenvalue weighted by molar-refractivity contribution is 5.91. The zero-order valence-electron chi connectivity index (χ0n) is 20.1. The molecule has 4 rings (SSSR count). The van der Waals surface area contributed by atoms with Gasteiger partial charge in [0.2, 0.25) is 0 Å². The lowest BCUT2D eigenvalue weighted by Gasteiger charge is -2.37. The fraction of sp³-hybridized carbons (Fsp3) is 0.107. The lowest BCUT2D eigenvalue weighted by Crippen LogP contribution is -2.37. The Balaban J connectivity index is 1.88. The molecule has 38 heavy (non-hydrogen) atoms. The molecule has 0 aliphatic carbocycles. The van der Waals surface area contributed by atoms with Crippen molar-refractivity contribution in [3.8, 4) is 5.75 Å². The van der Waals surface area contributed by atoms with E-state index in [0.717, 1.165) is 18.2 Å². The third-order valence-electron chi connectivity index (χ3n) is 6.01. The quantitative estimate of drug-likeness (QED) is 0.179. The number of ether oxygens (including phenoxy) is 2. The lowest BCUT2D eigenvalue weighted by atomic mass is 9.78. The van der Waals surface area contributed by atoms with Crippen LogP contribution >= 0.6 is 0 Å². The van der Waals surface area contributed by atoms with Crippen molar-refractivity contribution in [3.63, 3.8) is 0 Å². The highest BCUT2D eigenvalue weighted by Crippen LogP contribution is 2.44. The first-order chi connectivity index (χ1) is 18.2. The molecule has 0 amide bonds. The number of hydrogen-bond donors (Lipinski definition) is 1. The molecule has 4 aromatic rings. The molecule has 0 saturated heterocycles. The standard InChI is InChI=1S/C28H22N2O8/c1-37-25-14-12-22(13-15-25)28(32,21-10-6-3-7-11-21)26(19-8-4-2-5-9-19)38-27(31)20-16-23(29(33)34)18-24(17-20)30(35)36/h2-18,26,32H,1H3. The number of nitro groups is 2. The highest BCUT2D eigenvalue weighted by Gasteiger charge is 2.44. The Labute approximate surface area is 217 Å². The Morgan fingerprint density at radius 1 is 0.789 bits per heavy atom. The summed E-state index contributed by atoms with van der Waals surface area (Å²) in [5, 5.41) is 35.1. The molecular weight excluding hydrogens is 492 g/mol. The number of hydrogen-bond acceptors (Lipinski definition) is 8. The van der Waals surface area contributed by atoms with E-state index in [-0.39, 0.29) is 0 Å². The van der Waals surface area contributed by atoms with Crippen molar-refractivity contribution in [2.45, 2.75) is 11.7 Å². The number of rotatable bonds is 9. The Bertz CT molecular complexity index is 1430. The fourth-order valence-electron chi connectivity index (χ4n) is 4.13. The monoisotopic (exact) mass is 514 g/mol. The number of carbonyl (C=O) groups excluding carboxylic acids is 1. The maximum atomic E-state index is 13.4. The van der Waals surface area contributed by atoms with Crippen LogP contribution in [0.2, 0.25) is 0 Å². The number of benzene rings is 4. The third-order valence-corrected chi connectivity index (χ3v) is 6.01. The van der Waals surface area contributed by atoms with Crippen LogP contribution in [0.4, 0.5) is 11.4 Å². The van der Waals surface area contributed by atoms with Gasteiger partial charge in [-0.15, -0.1) is 0 Å². The van der Waals surface area contributed by atoms with Gasteiger partial charge < -0.3 is 14.6 Å². The third kappa shape index (κ3) is 5.20. The first-order valence-electron chi connectivity index (χ1n) is 11.4. The van der Waals surface area contributed by atoms with Crippen molar-refractivity contribution in [2.75, 3.05) is 7.11 Å². The molecule has 2 unspecified atom stereocenters. The van der Waals surface area contributed by atoms with E-state index in [1.165, 1.54) is 7.11 Å². The van der Waals surface area contributed by atoms with Crippen LogP contribution in [0.15, 0.2) is 103 Å². The van der Waals surface area contributed by atoms with Gasteiger partial charge in [0.15, 0.2) is 11.7 Å². The molecule has 0 radical (unpaired) electrons. The SMILES string of the molecule is COc1ccc(C(O)(c2ccccc2)C(OC(=O)c2cc([N+](=O)[O-])cc([N+](=O)[O-])c2)c2ccccc2)cc1. The van der Waals surface area contributed by atoms with Gasteiger partial charge in [-0.3, -0.25) is 20.2 Å². The summed E-state index contributed by atoms with van der Waals surface area (Å²) >= 11 is 0. The molecule has 0 aliphatic heterocycles. The van der Waals surface area contributed by atoms with Crippen molar-refractivity contribution in [1.29, 1.82) is 0 Å². The molecular formula is C28H22N2O8. The van der Waals surface area contributed by atoms with Crippen LogP contribution in [0.25, 0.3) is 0 Å². The minimum absolute atomic E-state index is 0.371. The smallest absolute Gasteiger partial charge is 0.339 e. The van der Waals surface area contributed by atoms with Crippen molar-refractivity contribution in [2.24, 2.45) is 0 Å². The zero-order valence-corrected chi connectivity index (χ0v) is 20.1. The molecule has 0 bridgehead atoms. The summed E-state index contributed by atoms with van der Waals surface area (Å²) in [5.74, 6) is -0.546. The molecule has 2 atom stereocenters. The van der Waals surface area contributed by atoms with Crippen LogP contribution in [-0.2, 0) is 10.3 Å². The van der Waals surface area contributed by atoms with Gasteiger partial charge in [-0.25, -0.2) is 4.79 Å². The molecule has 0 saturated carbocycles. The van der Waals surface area contributed by atoms with E-state index < -0.39 is 44.5 Å². The van der Waals surface area contributed by atoms with Gasteiger partial charge in [-0.2, -0.15) is 0 Å². The summed E-state index contributed by atoms with van der Waals surface area (Å²) in [6, 6.07) is 26.1. The summed E-state index contributed by atoms with van der Waals surface area (Å²) in [7, 11) is 1.51. The number of carbonyl (C=O) groups is 1. The Morgan fingerprint density at radius 2 is 1.29 bits per heavy atom. The second-order valence-corrected chi connectivity index (χ2v) is 8.31. The van der Waals surface area contributed by atoms with Gasteiger partial charge in [-0.1, -0.05) is 72.8 Å². The van der Waals surface area contributed by atoms with Crippen LogP contribution in [-0.4, -0.2) is 28.0 Å². The molecule has 0 spiro atoms. The molecule has 0 aliphatic rings. The molecule has 0 aromatic heterocycles. The number of nitro benzene ring substituents is 2. The van der Waals surface area contributed by atoms with Crippen molar-refractivity contribution < 1.29 is 29.2 Å². The maximum absolute atomic E-state index is 13.4. The van der Waals surface area contributed by atoms with E-state index in [9.17, 15) is 30.1 Å². The largest absolute Gasteiger partial charge is 0.497 e. The van der Waals surface area contributed by atoms with Crippen LogP contribution < -0.4 is 4.74 Å². The van der Waals surface area contributed by atoms with Gasteiger partial charge >= 0.3 is 5.97 Å². The van der Waals surface area contributed by atoms with Crippen LogP contribution in [0.5, 0.6) is 5.75 Å². The average molecular weight is 514 g/mol. The Morgan fingerprint density at radius 3 is 1.79 bits per heavy atom. The minimum atomic E-state index is -1.93. The van der Waals surface area contributed by atoms with E-state index in [2.05, 4.69) is 0 Å². The number of methoxy groups -OCH3 is 1. The topological polar surface area (TPSA) is 142 Å². The number of esters is 1. The lowest BCUT2D eigenvalue weighted by molar-refractivity contribution is -0.394. The highest BCUT2D eigenvalue weighted by atomic mass is 16.6. The number of nitrogens with zero attached hydrogens (tertiary/aromatic N) is 2. The van der Waals surface area contributed by atoms with Gasteiger partial charge in [0.1, 0.15) is 5.75 Å². The van der Waals surface area contributed by atoms with E-state index in [4.69, 9.17) is 9.47 Å². The predicted octanol–water partition coefficient (Wildman–Crippen LogP) is 5.35. The van der Waals surface area contributed by atoms with Crippen molar-refractivity contribution >= 4 is 17.3 Å². The van der Waals surface area contributed by atoms with E-state index in [1.54, 1.807) is 84.9 Å². The molecule has 0 fully saturated rings.